The summed E-state index contributed by atoms with van der Waals surface area (Å²) in [7, 11) is -8.81. The Labute approximate surface area is 292 Å². The van der Waals surface area contributed by atoms with Gasteiger partial charge in [-0.3, -0.25) is 28.3 Å². The van der Waals surface area contributed by atoms with Crippen LogP contribution in [0.1, 0.15) is 25.0 Å². The smallest absolute Gasteiger partial charge is 0.294 e. The average Bonchev–Trinajstić information content (AvgIpc) is 3.06. The molecular formula is C33H30N6O10S2. The van der Waals surface area contributed by atoms with E-state index in [9.17, 15) is 36.0 Å². The highest BCUT2D eigenvalue weighted by Crippen LogP contribution is 2.21. The van der Waals surface area contributed by atoms with Gasteiger partial charge in [0.1, 0.15) is 0 Å². The van der Waals surface area contributed by atoms with Crippen LogP contribution in [0.15, 0.2) is 127 Å². The molecule has 51 heavy (non-hydrogen) atoms. The number of anilines is 2. The van der Waals surface area contributed by atoms with Crippen LogP contribution >= 0.6 is 0 Å². The molecule has 0 aliphatic carbocycles. The third-order valence-corrected chi connectivity index (χ3v) is 8.70. The maximum absolute atomic E-state index is 12.7. The van der Waals surface area contributed by atoms with E-state index in [2.05, 4.69) is 31.1 Å². The third kappa shape index (κ3) is 11.1. The van der Waals surface area contributed by atoms with Gasteiger partial charge in [-0.1, -0.05) is 24.3 Å². The van der Waals surface area contributed by atoms with Crippen LogP contribution in [-0.2, 0) is 45.8 Å². The molecule has 16 nitrogen and oxygen atoms in total. The number of Topliss-reactive ketones (excluding diaryl/α,β-unsaturated/α-hetero) is 2. The van der Waals surface area contributed by atoms with Gasteiger partial charge >= 0.3 is 0 Å². The molecule has 4 aromatic rings. The zero-order valence-corrected chi connectivity index (χ0v) is 28.5. The maximum Gasteiger partial charge on any atom is 0.294 e. The number of carbonyl (C=O) groups excluding carboxylic acids is 4. The normalized spacial score (nSPS) is 13.1. The number of benzene rings is 4. The molecule has 2 amide bonds. The highest BCUT2D eigenvalue weighted by atomic mass is 32.2. The summed E-state index contributed by atoms with van der Waals surface area (Å²) in [6, 6.07) is 20.2. The van der Waals surface area contributed by atoms with Gasteiger partial charge in [-0.25, -0.2) is 0 Å². The van der Waals surface area contributed by atoms with Crippen molar-refractivity contribution in [2.24, 2.45) is 20.5 Å². The van der Waals surface area contributed by atoms with Crippen molar-refractivity contribution in [3.8, 4) is 0 Å². The zero-order valence-electron chi connectivity index (χ0n) is 26.9. The number of rotatable bonds is 14. The number of hydrogen-bond acceptors (Lipinski definition) is 12. The molecule has 0 spiro atoms. The summed E-state index contributed by atoms with van der Waals surface area (Å²) < 4.78 is 63.0. The van der Waals surface area contributed by atoms with Crippen molar-refractivity contribution >= 4 is 66.4 Å². The summed E-state index contributed by atoms with van der Waals surface area (Å²) in [5.74, 6) is -2.71. The zero-order chi connectivity index (χ0) is 37.3. The fourth-order valence-electron chi connectivity index (χ4n) is 4.32. The number of nitrogens with one attached hydrogen (secondary N) is 2. The SMILES string of the molecule is CC(=O)C(N=Nc1ccc(Cc2ccc(N=NC(C(C)=O)C(=O)Nc3ccc(S(=O)(=O)O)cc3)cc2)cc1)C(=O)Nc1ccc(S(=O)(=O)O)cc1. The fourth-order valence-corrected chi connectivity index (χ4v) is 5.28. The maximum atomic E-state index is 12.7. The molecule has 4 aromatic carbocycles. The lowest BCUT2D eigenvalue weighted by molar-refractivity contribution is -0.127. The Morgan fingerprint density at radius 3 is 1.14 bits per heavy atom. The first-order chi connectivity index (χ1) is 24.0. The topological polar surface area (TPSA) is 251 Å². The Balaban J connectivity index is 1.33. The molecule has 4 N–H and O–H groups in total. The largest absolute Gasteiger partial charge is 0.324 e. The number of amides is 2. The van der Waals surface area contributed by atoms with Crippen molar-refractivity contribution in [2.75, 3.05) is 10.6 Å². The van der Waals surface area contributed by atoms with Gasteiger partial charge in [0.25, 0.3) is 32.1 Å². The minimum Gasteiger partial charge on any atom is -0.324 e. The molecule has 18 heteroatoms. The van der Waals surface area contributed by atoms with Gasteiger partial charge in [-0.2, -0.15) is 37.3 Å². The molecule has 264 valence electrons. The standard InChI is InChI=1S/C33H30N6O10S2/c1-20(40)30(32(42)34-24-11-15-28(16-12-24)50(44,45)46)38-36-26-7-3-22(4-8-26)19-23-5-9-27(10-6-23)37-39-31(21(2)41)33(43)35-25-13-17-29(18-14-25)51(47,48)49/h3-18,30-31H,19H2,1-2H3,(H,34,42)(H,35,43)(H,44,45,46)(H,47,48,49). The lowest BCUT2D eigenvalue weighted by Crippen LogP contribution is -2.31. The monoisotopic (exact) mass is 734 g/mol. The summed E-state index contributed by atoms with van der Waals surface area (Å²) >= 11 is 0. The summed E-state index contributed by atoms with van der Waals surface area (Å²) in [5, 5.41) is 20.7. The second kappa shape index (κ2) is 16.3. The van der Waals surface area contributed by atoms with Crippen molar-refractivity contribution in [1.29, 1.82) is 0 Å². The van der Waals surface area contributed by atoms with Crippen LogP contribution in [0.2, 0.25) is 0 Å². The molecule has 4 rings (SSSR count). The van der Waals surface area contributed by atoms with E-state index in [4.69, 9.17) is 9.11 Å². The molecule has 0 heterocycles. The molecule has 0 saturated heterocycles. The average molecular weight is 735 g/mol. The van der Waals surface area contributed by atoms with Gasteiger partial charge in [-0.15, -0.1) is 0 Å². The van der Waals surface area contributed by atoms with Crippen molar-refractivity contribution in [1.82, 2.24) is 0 Å². The Morgan fingerprint density at radius 1 is 0.549 bits per heavy atom. The van der Waals surface area contributed by atoms with Crippen LogP contribution in [0.5, 0.6) is 0 Å². The predicted octanol–water partition coefficient (Wildman–Crippen LogP) is 5.13. The molecule has 2 unspecified atom stereocenters. The van der Waals surface area contributed by atoms with E-state index in [1.807, 2.05) is 0 Å². The number of carbonyl (C=O) groups is 4. The molecule has 0 bridgehead atoms. The van der Waals surface area contributed by atoms with Crippen molar-refractivity contribution < 1.29 is 45.1 Å². The summed E-state index contributed by atoms with van der Waals surface area (Å²) in [4.78, 5) is 48.8. The second-order valence-electron chi connectivity index (χ2n) is 10.9. The fraction of sp³-hybridized carbons (Fsp3) is 0.152. The Hall–Kier alpha value is -5.82. The van der Waals surface area contributed by atoms with Gasteiger partial charge in [0.2, 0.25) is 12.1 Å². The summed E-state index contributed by atoms with van der Waals surface area (Å²) in [5.41, 5.74) is 2.92. The van der Waals surface area contributed by atoms with E-state index in [0.29, 0.717) is 17.8 Å². The second-order valence-corrected chi connectivity index (χ2v) is 13.8. The van der Waals surface area contributed by atoms with E-state index in [0.717, 1.165) is 35.4 Å². The first kappa shape index (κ1) is 38.0. The molecule has 0 fully saturated rings. The molecule has 0 saturated carbocycles. The van der Waals surface area contributed by atoms with Crippen molar-refractivity contribution in [2.45, 2.75) is 42.1 Å². The van der Waals surface area contributed by atoms with Gasteiger partial charge in [0.15, 0.2) is 11.6 Å². The van der Waals surface area contributed by atoms with Crippen LogP contribution < -0.4 is 10.6 Å². The first-order valence-corrected chi connectivity index (χ1v) is 17.6. The van der Waals surface area contributed by atoms with Gasteiger partial charge in [0, 0.05) is 11.4 Å². The highest BCUT2D eigenvalue weighted by molar-refractivity contribution is 7.86. The highest BCUT2D eigenvalue weighted by Gasteiger charge is 2.24. The first-order valence-electron chi connectivity index (χ1n) is 14.8. The molecule has 0 aromatic heterocycles. The third-order valence-electron chi connectivity index (χ3n) is 6.96. The lowest BCUT2D eigenvalue weighted by atomic mass is 10.0. The van der Waals surface area contributed by atoms with Crippen LogP contribution in [-0.4, -0.2) is 61.4 Å². The lowest BCUT2D eigenvalue weighted by Gasteiger charge is -2.10. The van der Waals surface area contributed by atoms with Gasteiger partial charge < -0.3 is 10.6 Å². The van der Waals surface area contributed by atoms with Crippen LogP contribution in [0.3, 0.4) is 0 Å². The van der Waals surface area contributed by atoms with E-state index in [-0.39, 0.29) is 21.2 Å². The molecule has 0 aliphatic heterocycles. The Morgan fingerprint density at radius 2 is 0.863 bits per heavy atom. The van der Waals surface area contributed by atoms with Gasteiger partial charge in [0.05, 0.1) is 21.2 Å². The van der Waals surface area contributed by atoms with E-state index < -0.39 is 55.7 Å². The molecular weight excluding hydrogens is 705 g/mol. The predicted molar refractivity (Wildman–Crippen MR) is 183 cm³/mol. The van der Waals surface area contributed by atoms with E-state index in [1.165, 1.54) is 38.1 Å². The Bertz CT molecular complexity index is 2050. The van der Waals surface area contributed by atoms with Crippen molar-refractivity contribution in [3.63, 3.8) is 0 Å². The van der Waals surface area contributed by atoms with Crippen LogP contribution in [0.25, 0.3) is 0 Å². The Kier molecular flexibility index (Phi) is 12.1. The minimum absolute atomic E-state index is 0.184. The number of hydrogen-bond donors (Lipinski definition) is 4. The molecule has 2 atom stereocenters. The number of ketones is 2. The molecule has 0 radical (unpaired) electrons. The van der Waals surface area contributed by atoms with Crippen LogP contribution in [0.4, 0.5) is 22.7 Å². The quantitative estimate of drug-likeness (QED) is 0.0755. The number of azo groups is 2. The van der Waals surface area contributed by atoms with Crippen LogP contribution in [0, 0.1) is 0 Å². The summed E-state index contributed by atoms with van der Waals surface area (Å²) in [6.07, 6.45) is 0.512. The van der Waals surface area contributed by atoms with Gasteiger partial charge in [-0.05, 0) is 104 Å². The van der Waals surface area contributed by atoms with Crippen molar-refractivity contribution in [3.05, 3.63) is 108 Å². The number of nitrogens with zero attached hydrogens (tertiary/aromatic N) is 4. The van der Waals surface area contributed by atoms with E-state index in [1.54, 1.807) is 48.5 Å². The molecule has 0 aliphatic rings. The summed E-state index contributed by atoms with van der Waals surface area (Å²) in [6.45, 7) is 2.36. The minimum atomic E-state index is -4.40. The van der Waals surface area contributed by atoms with E-state index >= 15 is 0 Å².